The minimum absolute atomic E-state index is 0.194. The summed E-state index contributed by atoms with van der Waals surface area (Å²) in [5.41, 5.74) is 23.9. The van der Waals surface area contributed by atoms with Crippen LogP contribution >= 0.6 is 0 Å². The number of hydrogen-bond acceptors (Lipinski definition) is 7. The summed E-state index contributed by atoms with van der Waals surface area (Å²) in [5, 5.41) is 19.7. The van der Waals surface area contributed by atoms with Crippen LogP contribution in [0.4, 0.5) is 56.9 Å². The molecule has 4 aliphatic heterocycles. The van der Waals surface area contributed by atoms with Gasteiger partial charge in [-0.25, -0.2) is 0 Å². The van der Waals surface area contributed by atoms with Gasteiger partial charge in [0, 0.05) is 22.5 Å². The van der Waals surface area contributed by atoms with Gasteiger partial charge in [0.1, 0.15) is 6.07 Å². The highest BCUT2D eigenvalue weighted by Gasteiger charge is 2.45. The van der Waals surface area contributed by atoms with Gasteiger partial charge in [0.2, 0.25) is 0 Å². The first-order valence-corrected chi connectivity index (χ1v) is 25.9. The topological polar surface area (TPSA) is 60.8 Å². The van der Waals surface area contributed by atoms with Gasteiger partial charge in [0.05, 0.1) is 51.1 Å². The van der Waals surface area contributed by atoms with Crippen LogP contribution in [0.3, 0.4) is 0 Å². The standard InChI is InChI=1S/C69H47N7/c70-44-57-66(48-25-13-4-14-26-48)56(51-31-35-58-62(41-51)75-64-39-49(45-19-7-1-8-20-45)33-37-60(64)73(68(75)71-58)53-27-15-5-16-28-53)43-55(47-23-11-3-12-24-47)67(57)52-32-36-59-63(42-52)76-65-40-50(46-21-9-2-10-22-46)34-38-61(65)74(69(76)72-59)54-29-17-6-18-30-54/h1-43,68-69,71-72H. The molecule has 0 bridgehead atoms. The summed E-state index contributed by atoms with van der Waals surface area (Å²) in [6.07, 6.45) is -0.401. The molecule has 0 saturated carbocycles. The van der Waals surface area contributed by atoms with Crippen LogP contribution in [-0.2, 0) is 0 Å². The number of nitriles is 1. The largest absolute Gasteiger partial charge is 0.346 e. The van der Waals surface area contributed by atoms with E-state index in [9.17, 15) is 5.26 Å². The second-order valence-electron chi connectivity index (χ2n) is 19.7. The zero-order valence-electron chi connectivity index (χ0n) is 41.2. The van der Waals surface area contributed by atoms with Gasteiger partial charge in [-0.15, -0.1) is 0 Å². The molecular formula is C69H47N7. The van der Waals surface area contributed by atoms with Gasteiger partial charge in [-0.1, -0.05) is 182 Å². The van der Waals surface area contributed by atoms with Crippen molar-refractivity contribution in [2.24, 2.45) is 0 Å². The van der Waals surface area contributed by atoms with E-state index < -0.39 is 0 Å². The Labute approximate surface area is 442 Å². The van der Waals surface area contributed by atoms with E-state index in [1.165, 1.54) is 5.56 Å². The number of fused-ring (bicyclic) bond motifs is 10. The van der Waals surface area contributed by atoms with E-state index >= 15 is 0 Å². The van der Waals surface area contributed by atoms with Crippen LogP contribution in [0.1, 0.15) is 5.56 Å². The van der Waals surface area contributed by atoms with E-state index in [4.69, 9.17) is 0 Å². The van der Waals surface area contributed by atoms with Crippen molar-refractivity contribution in [1.82, 2.24) is 0 Å². The van der Waals surface area contributed by atoms with Crippen LogP contribution in [0.5, 0.6) is 0 Å². The molecule has 2 N–H and O–H groups in total. The number of nitrogens with zero attached hydrogens (tertiary/aromatic N) is 5. The van der Waals surface area contributed by atoms with Crippen LogP contribution < -0.4 is 30.2 Å². The molecule has 7 nitrogen and oxygen atoms in total. The fourth-order valence-corrected chi connectivity index (χ4v) is 12.1. The average Bonchev–Trinajstić information content (AvgIpc) is 4.37. The number of para-hydroxylation sites is 2. The molecule has 2 unspecified atom stereocenters. The van der Waals surface area contributed by atoms with Gasteiger partial charge in [0.25, 0.3) is 0 Å². The first kappa shape index (κ1) is 43.3. The second-order valence-corrected chi connectivity index (χ2v) is 19.7. The van der Waals surface area contributed by atoms with Crippen LogP contribution in [0.15, 0.2) is 261 Å². The highest BCUT2D eigenvalue weighted by atomic mass is 15.5. The Balaban J connectivity index is 0.916. The maximum atomic E-state index is 11.9. The molecule has 358 valence electrons. The smallest absolute Gasteiger partial charge is 0.187 e. The van der Waals surface area contributed by atoms with Crippen molar-refractivity contribution < 1.29 is 0 Å². The van der Waals surface area contributed by atoms with E-state index in [1.54, 1.807) is 0 Å². The molecule has 2 atom stereocenters. The summed E-state index contributed by atoms with van der Waals surface area (Å²) in [7, 11) is 0. The molecule has 76 heavy (non-hydrogen) atoms. The Morgan fingerprint density at radius 1 is 0.289 bits per heavy atom. The third-order valence-electron chi connectivity index (χ3n) is 15.5. The van der Waals surface area contributed by atoms with Crippen LogP contribution in [0, 0.1) is 11.3 Å². The molecule has 0 radical (unpaired) electrons. The maximum absolute atomic E-state index is 11.9. The van der Waals surface area contributed by atoms with Crippen molar-refractivity contribution in [1.29, 1.82) is 5.26 Å². The first-order valence-electron chi connectivity index (χ1n) is 25.9. The molecular weight excluding hydrogens is 927 g/mol. The molecule has 11 aromatic rings. The summed E-state index contributed by atoms with van der Waals surface area (Å²) in [6.45, 7) is 0. The van der Waals surface area contributed by atoms with Crippen molar-refractivity contribution in [2.45, 2.75) is 12.6 Å². The lowest BCUT2D eigenvalue weighted by molar-refractivity contribution is 0.808. The normalized spacial score (nSPS) is 15.2. The van der Waals surface area contributed by atoms with Crippen LogP contribution in [0.2, 0.25) is 0 Å². The van der Waals surface area contributed by atoms with E-state index in [2.05, 4.69) is 291 Å². The molecule has 0 saturated heterocycles. The van der Waals surface area contributed by atoms with Crippen molar-refractivity contribution in [2.75, 3.05) is 30.2 Å². The van der Waals surface area contributed by atoms with Gasteiger partial charge < -0.3 is 20.4 Å². The third kappa shape index (κ3) is 6.82. The molecule has 15 rings (SSSR count). The third-order valence-corrected chi connectivity index (χ3v) is 15.5. The summed E-state index contributed by atoms with van der Waals surface area (Å²) in [6, 6.07) is 95.7. The Bertz CT molecular complexity index is 4090. The minimum atomic E-state index is -0.207. The molecule has 0 aromatic heterocycles. The molecule has 7 heteroatoms. The van der Waals surface area contributed by atoms with Gasteiger partial charge in [-0.3, -0.25) is 9.80 Å². The molecule has 11 aromatic carbocycles. The van der Waals surface area contributed by atoms with Crippen LogP contribution in [-0.4, -0.2) is 12.6 Å². The van der Waals surface area contributed by atoms with Crippen molar-refractivity contribution >= 4 is 56.9 Å². The summed E-state index contributed by atoms with van der Waals surface area (Å²) < 4.78 is 0. The fraction of sp³-hybridized carbons (Fsp3) is 0.0290. The van der Waals surface area contributed by atoms with Crippen molar-refractivity contribution in [3.05, 3.63) is 266 Å². The molecule has 0 fully saturated rings. The number of hydrogen-bond donors (Lipinski definition) is 2. The number of benzene rings is 11. The lowest BCUT2D eigenvalue weighted by atomic mass is 9.81. The van der Waals surface area contributed by atoms with Crippen molar-refractivity contribution in [3.8, 4) is 72.8 Å². The van der Waals surface area contributed by atoms with Gasteiger partial charge in [-0.05, 0) is 134 Å². The molecule has 0 amide bonds. The first-order chi connectivity index (χ1) is 37.7. The fourth-order valence-electron chi connectivity index (χ4n) is 12.1. The van der Waals surface area contributed by atoms with Gasteiger partial charge in [-0.2, -0.15) is 5.26 Å². The SMILES string of the molecule is N#Cc1c(-c2ccccc2)c(-c2ccc3c(c2)N2c4cc(-c5ccccc5)ccc4N(c4ccccc4)C2N3)cc(-c2ccccc2)c1-c1ccc2c(c1)N1c3cc(-c4ccccc4)ccc3N(c3ccccc3)C1N2. The van der Waals surface area contributed by atoms with E-state index in [0.29, 0.717) is 5.56 Å². The Hall–Kier alpha value is -10.3. The second kappa shape index (κ2) is 17.4. The number of rotatable bonds is 8. The highest BCUT2D eigenvalue weighted by Crippen LogP contribution is 2.58. The molecule has 4 aliphatic rings. The molecule has 4 heterocycles. The summed E-state index contributed by atoms with van der Waals surface area (Å²) >= 11 is 0. The van der Waals surface area contributed by atoms with Crippen molar-refractivity contribution in [3.63, 3.8) is 0 Å². The van der Waals surface area contributed by atoms with Gasteiger partial charge >= 0.3 is 0 Å². The summed E-state index contributed by atoms with van der Waals surface area (Å²) in [4.78, 5) is 9.65. The quantitative estimate of drug-likeness (QED) is 0.157. The molecule has 0 spiro atoms. The average molecular weight is 974 g/mol. The lowest BCUT2D eigenvalue weighted by Gasteiger charge is -2.27. The Kier molecular flexibility index (Phi) is 9.94. The van der Waals surface area contributed by atoms with Gasteiger partial charge in [0.15, 0.2) is 12.6 Å². The highest BCUT2D eigenvalue weighted by molar-refractivity contribution is 6.05. The summed E-state index contributed by atoms with van der Waals surface area (Å²) in [5.74, 6) is 0. The zero-order chi connectivity index (χ0) is 50.3. The monoisotopic (exact) mass is 973 g/mol. The van der Waals surface area contributed by atoms with E-state index in [0.717, 1.165) is 118 Å². The van der Waals surface area contributed by atoms with Crippen LogP contribution in [0.25, 0.3) is 66.8 Å². The molecule has 0 aliphatic carbocycles. The number of anilines is 10. The maximum Gasteiger partial charge on any atom is 0.187 e. The number of nitrogens with one attached hydrogen (secondary N) is 2. The zero-order valence-corrected chi connectivity index (χ0v) is 41.2. The van der Waals surface area contributed by atoms with E-state index in [-0.39, 0.29) is 12.6 Å². The Morgan fingerprint density at radius 3 is 1.13 bits per heavy atom. The predicted octanol–water partition coefficient (Wildman–Crippen LogP) is 17.6. The minimum Gasteiger partial charge on any atom is -0.346 e. The van der Waals surface area contributed by atoms with E-state index in [1.807, 2.05) is 6.07 Å². The lowest BCUT2D eigenvalue weighted by Crippen LogP contribution is -2.40. The predicted molar refractivity (Wildman–Crippen MR) is 313 cm³/mol. The Morgan fingerprint density at radius 2 is 0.658 bits per heavy atom.